The van der Waals surface area contributed by atoms with Crippen molar-refractivity contribution in [2.75, 3.05) is 18.6 Å². The molecule has 0 radical (unpaired) electrons. The maximum atomic E-state index is 11.5. The molecule has 4 N–H and O–H groups in total. The molecule has 1 aromatic rings. The monoisotopic (exact) mass is 291 g/mol. The second-order valence-corrected chi connectivity index (χ2v) is 5.86. The van der Waals surface area contributed by atoms with Gasteiger partial charge in [0.05, 0.1) is 13.0 Å². The van der Waals surface area contributed by atoms with E-state index in [0.29, 0.717) is 12.6 Å². The van der Waals surface area contributed by atoms with Gasteiger partial charge in [-0.2, -0.15) is 0 Å². The summed E-state index contributed by atoms with van der Waals surface area (Å²) >= 11 is 0. The van der Waals surface area contributed by atoms with Crippen molar-refractivity contribution in [3.05, 3.63) is 23.8 Å². The van der Waals surface area contributed by atoms with E-state index in [1.807, 2.05) is 25.1 Å². The fourth-order valence-corrected chi connectivity index (χ4v) is 3.09. The maximum Gasteiger partial charge on any atom is 0.222 e. The summed E-state index contributed by atoms with van der Waals surface area (Å²) in [4.78, 5) is 13.8. The number of nitrogens with two attached hydrogens (primary N) is 2. The Morgan fingerprint density at radius 1 is 1.43 bits per heavy atom. The van der Waals surface area contributed by atoms with Gasteiger partial charge in [0.2, 0.25) is 5.91 Å². The largest absolute Gasteiger partial charge is 0.496 e. The Morgan fingerprint density at radius 2 is 2.14 bits per heavy atom. The highest BCUT2D eigenvalue weighted by Gasteiger charge is 2.31. The molecule has 0 aliphatic carbocycles. The average molecular weight is 291 g/mol. The number of hydrogen-bond acceptors (Lipinski definition) is 4. The van der Waals surface area contributed by atoms with Crippen molar-refractivity contribution in [2.45, 2.75) is 38.8 Å². The van der Waals surface area contributed by atoms with E-state index in [0.717, 1.165) is 29.8 Å². The number of rotatable bonds is 4. The normalized spacial score (nSPS) is 23.7. The van der Waals surface area contributed by atoms with Crippen LogP contribution in [0.4, 0.5) is 5.69 Å². The van der Waals surface area contributed by atoms with E-state index in [2.05, 4.69) is 11.8 Å². The lowest BCUT2D eigenvalue weighted by Gasteiger charge is -2.40. The number of ether oxygens (including phenoxy) is 1. The predicted molar refractivity (Wildman–Crippen MR) is 84.3 cm³/mol. The van der Waals surface area contributed by atoms with Gasteiger partial charge in [0.15, 0.2) is 0 Å². The van der Waals surface area contributed by atoms with Gasteiger partial charge in [0, 0.05) is 29.9 Å². The summed E-state index contributed by atoms with van der Waals surface area (Å²) in [5.41, 5.74) is 13.7. The number of amides is 1. The third kappa shape index (κ3) is 3.13. The highest BCUT2D eigenvalue weighted by molar-refractivity contribution is 5.78. The minimum atomic E-state index is -0.225. The van der Waals surface area contributed by atoms with Gasteiger partial charge >= 0.3 is 0 Å². The molecule has 116 valence electrons. The highest BCUT2D eigenvalue weighted by Crippen LogP contribution is 2.37. The lowest BCUT2D eigenvalue weighted by molar-refractivity contribution is -0.122. The minimum Gasteiger partial charge on any atom is -0.496 e. The molecule has 3 atom stereocenters. The summed E-state index contributed by atoms with van der Waals surface area (Å²) in [5.74, 6) is 0.460. The standard InChI is InChI=1S/C16H25N3O2/c1-10-7-8-12(16(18)20)9-19(10)13-5-4-6-14(21-3)15(13)11(2)17/h4-6,10-12H,7-9,17H2,1-3H3,(H2,18,20)/t10?,11-,12?/m0/s1. The van der Waals surface area contributed by atoms with Crippen LogP contribution in [-0.4, -0.2) is 25.6 Å². The molecule has 1 aromatic carbocycles. The van der Waals surface area contributed by atoms with Crippen LogP contribution in [-0.2, 0) is 4.79 Å². The van der Waals surface area contributed by atoms with Crippen molar-refractivity contribution in [2.24, 2.45) is 17.4 Å². The van der Waals surface area contributed by atoms with E-state index in [9.17, 15) is 4.79 Å². The van der Waals surface area contributed by atoms with Crippen LogP contribution in [0.1, 0.15) is 38.3 Å². The molecule has 2 rings (SSSR count). The van der Waals surface area contributed by atoms with Crippen LogP contribution >= 0.6 is 0 Å². The molecule has 1 heterocycles. The van der Waals surface area contributed by atoms with Gasteiger partial charge in [-0.1, -0.05) is 6.07 Å². The van der Waals surface area contributed by atoms with Crippen LogP contribution in [0, 0.1) is 5.92 Å². The first kappa shape index (κ1) is 15.6. The molecule has 5 nitrogen and oxygen atoms in total. The Morgan fingerprint density at radius 3 is 2.71 bits per heavy atom. The molecular weight excluding hydrogens is 266 g/mol. The first-order chi connectivity index (χ1) is 9.95. The van der Waals surface area contributed by atoms with Gasteiger partial charge in [0.1, 0.15) is 5.75 Å². The van der Waals surface area contributed by atoms with Crippen LogP contribution in [0.25, 0.3) is 0 Å². The second-order valence-electron chi connectivity index (χ2n) is 5.86. The second kappa shape index (κ2) is 6.35. The lowest BCUT2D eigenvalue weighted by Crippen LogP contribution is -2.46. The van der Waals surface area contributed by atoms with Gasteiger partial charge in [-0.25, -0.2) is 0 Å². The van der Waals surface area contributed by atoms with Gasteiger partial charge in [-0.15, -0.1) is 0 Å². The van der Waals surface area contributed by atoms with Gasteiger partial charge in [-0.05, 0) is 38.8 Å². The number of benzene rings is 1. The van der Waals surface area contributed by atoms with Crippen LogP contribution in [0.2, 0.25) is 0 Å². The van der Waals surface area contributed by atoms with Gasteiger partial charge in [0.25, 0.3) is 0 Å². The molecule has 2 unspecified atom stereocenters. The number of methoxy groups -OCH3 is 1. The van der Waals surface area contributed by atoms with Crippen LogP contribution in [0.3, 0.4) is 0 Å². The summed E-state index contributed by atoms with van der Waals surface area (Å²) in [5, 5.41) is 0. The third-order valence-corrected chi connectivity index (χ3v) is 4.31. The fraction of sp³-hybridized carbons (Fsp3) is 0.562. The maximum absolute atomic E-state index is 11.5. The number of hydrogen-bond donors (Lipinski definition) is 2. The first-order valence-corrected chi connectivity index (χ1v) is 7.44. The number of carbonyl (C=O) groups excluding carboxylic acids is 1. The minimum absolute atomic E-state index is 0.103. The van der Waals surface area contributed by atoms with E-state index in [1.165, 1.54) is 0 Å². The molecule has 1 aliphatic rings. The van der Waals surface area contributed by atoms with Gasteiger partial charge in [-0.3, -0.25) is 4.79 Å². The number of anilines is 1. The van der Waals surface area contributed by atoms with Crippen molar-refractivity contribution in [3.8, 4) is 5.75 Å². The van der Waals surface area contributed by atoms with E-state index < -0.39 is 0 Å². The number of nitrogens with zero attached hydrogens (tertiary/aromatic N) is 1. The summed E-state index contributed by atoms with van der Waals surface area (Å²) in [6, 6.07) is 6.13. The quantitative estimate of drug-likeness (QED) is 0.886. The Bertz CT molecular complexity index is 516. The molecule has 0 spiro atoms. The summed E-state index contributed by atoms with van der Waals surface area (Å²) in [6.45, 7) is 4.76. The Labute approximate surface area is 126 Å². The van der Waals surface area contributed by atoms with E-state index in [-0.39, 0.29) is 17.9 Å². The van der Waals surface area contributed by atoms with Crippen LogP contribution in [0.15, 0.2) is 18.2 Å². The van der Waals surface area contributed by atoms with Crippen molar-refractivity contribution in [1.82, 2.24) is 0 Å². The van der Waals surface area contributed by atoms with Crippen LogP contribution in [0.5, 0.6) is 5.75 Å². The Hall–Kier alpha value is -1.75. The van der Waals surface area contributed by atoms with Crippen LogP contribution < -0.4 is 21.1 Å². The van der Waals surface area contributed by atoms with E-state index >= 15 is 0 Å². The molecule has 0 aromatic heterocycles. The molecular formula is C16H25N3O2. The number of carbonyl (C=O) groups is 1. The molecule has 1 saturated heterocycles. The summed E-state index contributed by atoms with van der Waals surface area (Å²) in [7, 11) is 1.65. The van der Waals surface area contributed by atoms with Gasteiger partial charge < -0.3 is 21.1 Å². The molecule has 5 heteroatoms. The van der Waals surface area contributed by atoms with Crippen molar-refractivity contribution in [1.29, 1.82) is 0 Å². The molecule has 1 aliphatic heterocycles. The van der Waals surface area contributed by atoms with E-state index in [4.69, 9.17) is 16.2 Å². The van der Waals surface area contributed by atoms with Crippen molar-refractivity contribution < 1.29 is 9.53 Å². The summed E-state index contributed by atoms with van der Waals surface area (Å²) in [6.07, 6.45) is 1.80. The smallest absolute Gasteiger partial charge is 0.222 e. The topological polar surface area (TPSA) is 81.6 Å². The molecule has 0 bridgehead atoms. The Kier molecular flexibility index (Phi) is 4.73. The average Bonchev–Trinajstić information content (AvgIpc) is 2.46. The zero-order chi connectivity index (χ0) is 15.6. The molecule has 0 saturated carbocycles. The van der Waals surface area contributed by atoms with Crippen molar-refractivity contribution in [3.63, 3.8) is 0 Å². The highest BCUT2D eigenvalue weighted by atomic mass is 16.5. The summed E-state index contributed by atoms with van der Waals surface area (Å²) < 4.78 is 5.45. The third-order valence-electron chi connectivity index (χ3n) is 4.31. The van der Waals surface area contributed by atoms with E-state index in [1.54, 1.807) is 7.11 Å². The lowest BCUT2D eigenvalue weighted by atomic mass is 9.91. The fourth-order valence-electron chi connectivity index (χ4n) is 3.09. The SMILES string of the molecule is COc1cccc(N2CC(C(N)=O)CCC2C)c1[C@H](C)N. The van der Waals surface area contributed by atoms with Crippen molar-refractivity contribution >= 4 is 11.6 Å². The number of primary amides is 1. The molecule has 21 heavy (non-hydrogen) atoms. The first-order valence-electron chi connectivity index (χ1n) is 7.44. The predicted octanol–water partition coefficient (Wildman–Crippen LogP) is 1.81. The number of piperidine rings is 1. The molecule has 1 fully saturated rings. The zero-order valence-corrected chi connectivity index (χ0v) is 13.0. The zero-order valence-electron chi connectivity index (χ0n) is 13.0. The Balaban J connectivity index is 2.41. The molecule has 1 amide bonds.